The number of piperidine rings is 1. The van der Waals surface area contributed by atoms with Crippen LogP contribution in [-0.4, -0.2) is 41.0 Å². The molecule has 2 unspecified atom stereocenters. The van der Waals surface area contributed by atoms with Gasteiger partial charge in [-0.2, -0.15) is 0 Å². The number of hydrogen-bond donors (Lipinski definition) is 2. The van der Waals surface area contributed by atoms with Gasteiger partial charge in [-0.3, -0.25) is 4.90 Å². The molecule has 1 saturated carbocycles. The Morgan fingerprint density at radius 3 is 2.52 bits per heavy atom. The van der Waals surface area contributed by atoms with Crippen molar-refractivity contribution >= 4 is 11.6 Å². The normalized spacial score (nSPS) is 27.1. The number of nitrogens with zero attached hydrogens (tertiary/aromatic N) is 1. The number of halogens is 1. The Kier molecular flexibility index (Phi) is 4.55. The molecule has 1 aromatic rings. The van der Waals surface area contributed by atoms with E-state index in [4.69, 9.17) is 11.6 Å². The van der Waals surface area contributed by atoms with Gasteiger partial charge in [0, 0.05) is 30.1 Å². The molecule has 4 heteroatoms. The van der Waals surface area contributed by atoms with Crippen LogP contribution in [0, 0.1) is 5.92 Å². The summed E-state index contributed by atoms with van der Waals surface area (Å²) in [6, 6.07) is 7.93. The summed E-state index contributed by atoms with van der Waals surface area (Å²) in [6.45, 7) is 1.94. The fourth-order valence-electron chi connectivity index (χ4n) is 3.85. The second kappa shape index (κ2) is 6.25. The Hall–Kier alpha value is -0.610. The maximum Gasteiger partial charge on any atom is 0.117 e. The fourth-order valence-corrected chi connectivity index (χ4v) is 3.98. The first-order valence-corrected chi connectivity index (χ1v) is 8.32. The zero-order chi connectivity index (χ0) is 14.9. The zero-order valence-corrected chi connectivity index (χ0v) is 13.1. The zero-order valence-electron chi connectivity index (χ0n) is 12.3. The molecule has 21 heavy (non-hydrogen) atoms. The molecule has 3 rings (SSSR count). The molecule has 0 aromatic heterocycles. The van der Waals surface area contributed by atoms with Crippen molar-refractivity contribution in [2.24, 2.45) is 5.92 Å². The lowest BCUT2D eigenvalue weighted by Crippen LogP contribution is -2.57. The summed E-state index contributed by atoms with van der Waals surface area (Å²) in [4.78, 5) is 2.16. The highest BCUT2D eigenvalue weighted by atomic mass is 35.5. The number of hydrogen-bond acceptors (Lipinski definition) is 3. The van der Waals surface area contributed by atoms with E-state index in [2.05, 4.69) is 17.0 Å². The molecule has 2 atom stereocenters. The van der Waals surface area contributed by atoms with Gasteiger partial charge >= 0.3 is 0 Å². The second-order valence-electron chi connectivity index (χ2n) is 6.58. The molecule has 0 amide bonds. The van der Waals surface area contributed by atoms with E-state index in [1.807, 2.05) is 12.1 Å². The van der Waals surface area contributed by atoms with Gasteiger partial charge in [0.2, 0.25) is 0 Å². The highest BCUT2D eigenvalue weighted by Gasteiger charge is 2.47. The largest absolute Gasteiger partial charge is 0.396 e. The Balaban J connectivity index is 1.80. The molecular formula is C17H24ClNO2. The molecule has 2 fully saturated rings. The molecule has 1 aliphatic carbocycles. The summed E-state index contributed by atoms with van der Waals surface area (Å²) < 4.78 is 0. The van der Waals surface area contributed by atoms with E-state index in [1.54, 1.807) is 0 Å². The number of rotatable bonds is 4. The predicted molar refractivity (Wildman–Crippen MR) is 84.4 cm³/mol. The Morgan fingerprint density at radius 1 is 1.24 bits per heavy atom. The molecule has 1 aromatic carbocycles. The number of aliphatic hydroxyl groups excluding tert-OH is 2. The molecule has 116 valence electrons. The van der Waals surface area contributed by atoms with E-state index < -0.39 is 6.23 Å². The summed E-state index contributed by atoms with van der Waals surface area (Å²) in [5.41, 5.74) is 1.04. The summed E-state index contributed by atoms with van der Waals surface area (Å²) in [7, 11) is 0. The SMILES string of the molecule is OCC1CCCN(C(O)C2(c3ccc(Cl)cc3)CCC2)C1. The monoisotopic (exact) mass is 309 g/mol. The van der Waals surface area contributed by atoms with Crippen LogP contribution in [0.2, 0.25) is 5.02 Å². The molecule has 0 radical (unpaired) electrons. The van der Waals surface area contributed by atoms with Crippen LogP contribution in [0.15, 0.2) is 24.3 Å². The smallest absolute Gasteiger partial charge is 0.117 e. The molecule has 1 aliphatic heterocycles. The highest BCUT2D eigenvalue weighted by molar-refractivity contribution is 6.30. The minimum Gasteiger partial charge on any atom is -0.396 e. The van der Waals surface area contributed by atoms with Gasteiger partial charge in [0.1, 0.15) is 6.23 Å². The van der Waals surface area contributed by atoms with Gasteiger partial charge in [0.25, 0.3) is 0 Å². The Morgan fingerprint density at radius 2 is 1.95 bits per heavy atom. The summed E-state index contributed by atoms with van der Waals surface area (Å²) in [6.07, 6.45) is 4.87. The lowest BCUT2D eigenvalue weighted by molar-refractivity contribution is -0.103. The molecule has 0 spiro atoms. The van der Waals surface area contributed by atoms with Crippen LogP contribution in [0.25, 0.3) is 0 Å². The maximum atomic E-state index is 11.0. The average molecular weight is 310 g/mol. The predicted octanol–water partition coefficient (Wildman–Crippen LogP) is 2.78. The fraction of sp³-hybridized carbons (Fsp3) is 0.647. The van der Waals surface area contributed by atoms with Gasteiger partial charge < -0.3 is 10.2 Å². The van der Waals surface area contributed by atoms with Gasteiger partial charge in [-0.1, -0.05) is 30.2 Å². The Bertz CT molecular complexity index is 472. The number of aliphatic hydroxyl groups is 2. The van der Waals surface area contributed by atoms with Crippen LogP contribution in [0.5, 0.6) is 0 Å². The minimum atomic E-state index is -0.457. The molecule has 0 bridgehead atoms. The van der Waals surface area contributed by atoms with E-state index in [9.17, 15) is 10.2 Å². The van der Waals surface area contributed by atoms with Crippen molar-refractivity contribution in [1.82, 2.24) is 4.90 Å². The molecule has 2 N–H and O–H groups in total. The van der Waals surface area contributed by atoms with Crippen molar-refractivity contribution in [3.8, 4) is 0 Å². The average Bonchev–Trinajstić information content (AvgIpc) is 2.48. The van der Waals surface area contributed by atoms with Gasteiger partial charge in [0.05, 0.1) is 0 Å². The first-order valence-electron chi connectivity index (χ1n) is 7.95. The van der Waals surface area contributed by atoms with E-state index in [-0.39, 0.29) is 12.0 Å². The second-order valence-corrected chi connectivity index (χ2v) is 7.01. The van der Waals surface area contributed by atoms with E-state index in [1.165, 1.54) is 5.56 Å². The third kappa shape index (κ3) is 2.85. The number of likely N-dealkylation sites (tertiary alicyclic amines) is 1. The van der Waals surface area contributed by atoms with Gasteiger partial charge in [-0.25, -0.2) is 0 Å². The van der Waals surface area contributed by atoms with Crippen LogP contribution in [-0.2, 0) is 5.41 Å². The molecule has 1 heterocycles. The third-order valence-corrected chi connectivity index (χ3v) is 5.57. The van der Waals surface area contributed by atoms with Crippen molar-refractivity contribution in [2.75, 3.05) is 19.7 Å². The van der Waals surface area contributed by atoms with Crippen molar-refractivity contribution in [3.05, 3.63) is 34.9 Å². The minimum absolute atomic E-state index is 0.151. The van der Waals surface area contributed by atoms with Crippen LogP contribution in [0.1, 0.15) is 37.7 Å². The standard InChI is InChI=1S/C17H24ClNO2/c18-15-6-4-14(5-7-15)17(8-2-9-17)16(21)19-10-1-3-13(11-19)12-20/h4-7,13,16,20-21H,1-3,8-12H2. The molecule has 3 nitrogen and oxygen atoms in total. The van der Waals surface area contributed by atoms with Crippen LogP contribution < -0.4 is 0 Å². The molecular weight excluding hydrogens is 286 g/mol. The van der Waals surface area contributed by atoms with Gasteiger partial charge in [-0.15, -0.1) is 0 Å². The van der Waals surface area contributed by atoms with E-state index >= 15 is 0 Å². The Labute approximate surface area is 131 Å². The van der Waals surface area contributed by atoms with Crippen LogP contribution in [0.4, 0.5) is 0 Å². The molecule has 2 aliphatic rings. The summed E-state index contributed by atoms with van der Waals surface area (Å²) in [5.74, 6) is 0.302. The topological polar surface area (TPSA) is 43.7 Å². The highest BCUT2D eigenvalue weighted by Crippen LogP contribution is 2.48. The first kappa shape index (κ1) is 15.3. The van der Waals surface area contributed by atoms with Crippen molar-refractivity contribution in [2.45, 2.75) is 43.7 Å². The number of benzene rings is 1. The van der Waals surface area contributed by atoms with Crippen LogP contribution >= 0.6 is 11.6 Å². The quantitative estimate of drug-likeness (QED) is 0.899. The van der Waals surface area contributed by atoms with Gasteiger partial charge in [-0.05, 0) is 49.3 Å². The first-order chi connectivity index (χ1) is 10.2. The van der Waals surface area contributed by atoms with Crippen molar-refractivity contribution in [1.29, 1.82) is 0 Å². The van der Waals surface area contributed by atoms with Gasteiger partial charge in [0.15, 0.2) is 0 Å². The molecule has 1 saturated heterocycles. The lowest BCUT2D eigenvalue weighted by atomic mass is 9.62. The summed E-state index contributed by atoms with van der Waals surface area (Å²) >= 11 is 5.99. The lowest BCUT2D eigenvalue weighted by Gasteiger charge is -2.51. The summed E-state index contributed by atoms with van der Waals surface area (Å²) in [5, 5.41) is 21.1. The maximum absolute atomic E-state index is 11.0. The van der Waals surface area contributed by atoms with E-state index in [0.717, 1.165) is 50.2 Å². The van der Waals surface area contributed by atoms with E-state index in [0.29, 0.717) is 5.92 Å². The third-order valence-electron chi connectivity index (χ3n) is 5.31. The van der Waals surface area contributed by atoms with Crippen LogP contribution in [0.3, 0.4) is 0 Å². The van der Waals surface area contributed by atoms with Crippen molar-refractivity contribution in [3.63, 3.8) is 0 Å². The van der Waals surface area contributed by atoms with Crippen molar-refractivity contribution < 1.29 is 10.2 Å².